The number of hydrogen-bond donors (Lipinski definition) is 3. The predicted octanol–water partition coefficient (Wildman–Crippen LogP) is 5.95. The van der Waals surface area contributed by atoms with Crippen LogP contribution in [0.4, 0.5) is 0 Å². The predicted molar refractivity (Wildman–Crippen MR) is 142 cm³/mol. The van der Waals surface area contributed by atoms with Gasteiger partial charge in [-0.05, 0) is 87.9 Å². The average molecular weight is 484 g/mol. The molecule has 0 fully saturated rings. The van der Waals surface area contributed by atoms with Crippen molar-refractivity contribution in [1.82, 2.24) is 10.4 Å². The van der Waals surface area contributed by atoms with Gasteiger partial charge in [-0.25, -0.2) is 10.4 Å². The van der Waals surface area contributed by atoms with Crippen LogP contribution in [0.5, 0.6) is 17.2 Å². The second-order valence-corrected chi connectivity index (χ2v) is 8.82. The number of fused-ring (bicyclic) bond motifs is 1. The molecule has 0 aliphatic carbocycles. The number of aromatic hydroxyl groups is 2. The quantitative estimate of drug-likeness (QED) is 0.171. The Morgan fingerprint density at radius 3 is 2.44 bits per heavy atom. The number of aromatic nitrogens is 1. The number of ether oxygens (including phenoxy) is 1. The molecule has 36 heavy (non-hydrogen) atoms. The van der Waals surface area contributed by atoms with Crippen LogP contribution in [0.3, 0.4) is 0 Å². The molecule has 7 heteroatoms. The summed E-state index contributed by atoms with van der Waals surface area (Å²) in [6, 6.07) is 19.3. The van der Waals surface area contributed by atoms with Crippen LogP contribution in [0.15, 0.2) is 71.8 Å². The molecule has 3 aromatic carbocycles. The number of benzene rings is 3. The molecule has 0 atom stereocenters. The van der Waals surface area contributed by atoms with Gasteiger partial charge in [0.2, 0.25) is 0 Å². The van der Waals surface area contributed by atoms with Crippen molar-refractivity contribution < 1.29 is 19.7 Å². The van der Waals surface area contributed by atoms with Gasteiger partial charge >= 0.3 is 0 Å². The average Bonchev–Trinajstić information content (AvgIpc) is 2.85. The molecule has 0 aliphatic rings. The van der Waals surface area contributed by atoms with Crippen LogP contribution in [-0.4, -0.2) is 32.9 Å². The van der Waals surface area contributed by atoms with Gasteiger partial charge in [-0.3, -0.25) is 4.79 Å². The van der Waals surface area contributed by atoms with Gasteiger partial charge in [-0.15, -0.1) is 0 Å². The third-order valence-electron chi connectivity index (χ3n) is 5.65. The summed E-state index contributed by atoms with van der Waals surface area (Å²) in [5.41, 5.74) is 7.05. The lowest BCUT2D eigenvalue weighted by Crippen LogP contribution is -2.20. The number of pyridine rings is 1. The highest BCUT2D eigenvalue weighted by molar-refractivity contribution is 6.09. The van der Waals surface area contributed by atoms with E-state index < -0.39 is 5.91 Å². The Hall–Kier alpha value is -4.39. The van der Waals surface area contributed by atoms with Crippen molar-refractivity contribution in [3.05, 3.63) is 83.4 Å². The summed E-state index contributed by atoms with van der Waals surface area (Å²) in [5.74, 6) is 0.333. The summed E-state index contributed by atoms with van der Waals surface area (Å²) in [7, 11) is 0. The molecule has 3 N–H and O–H groups in total. The molecule has 1 aromatic heterocycles. The highest BCUT2D eigenvalue weighted by Gasteiger charge is 2.16. The van der Waals surface area contributed by atoms with E-state index in [0.717, 1.165) is 16.9 Å². The van der Waals surface area contributed by atoms with Gasteiger partial charge in [-0.2, -0.15) is 5.10 Å². The van der Waals surface area contributed by atoms with Crippen LogP contribution in [0.25, 0.3) is 22.2 Å². The molecule has 184 valence electrons. The minimum atomic E-state index is -0.403. The van der Waals surface area contributed by atoms with Gasteiger partial charge in [-0.1, -0.05) is 18.6 Å². The first-order valence-electron chi connectivity index (χ1n) is 11.8. The molecule has 0 saturated heterocycles. The number of aryl methyl sites for hydroxylation is 1. The number of hydrazone groups is 1. The van der Waals surface area contributed by atoms with E-state index in [2.05, 4.69) is 10.5 Å². The van der Waals surface area contributed by atoms with Crippen LogP contribution < -0.4 is 10.2 Å². The minimum Gasteiger partial charge on any atom is -0.508 e. The maximum absolute atomic E-state index is 13.4. The maximum Gasteiger partial charge on any atom is 0.272 e. The fraction of sp³-hybridized carbons (Fsp3) is 0.207. The van der Waals surface area contributed by atoms with Crippen LogP contribution in [0, 0.1) is 6.92 Å². The van der Waals surface area contributed by atoms with Gasteiger partial charge < -0.3 is 14.9 Å². The van der Waals surface area contributed by atoms with Crippen molar-refractivity contribution in [2.75, 3.05) is 0 Å². The number of rotatable bonds is 7. The van der Waals surface area contributed by atoms with Gasteiger partial charge in [0.25, 0.3) is 5.91 Å². The number of carbonyl (C=O) groups is 1. The number of nitrogens with zero attached hydrogens (tertiary/aromatic N) is 2. The standard InChI is InChI=1S/C29H29N3O4/c1-5-25(24-15-20(33)9-13-28(24)34)31-32-29(35)23-16-27(30-26-12-6-18(4)14-22(23)26)19-7-10-21(11-8-19)36-17(2)3/h6-17,33-34H,5H2,1-4H3,(H,32,35)/b31-25-. The van der Waals surface area contributed by atoms with E-state index in [0.29, 0.717) is 39.9 Å². The van der Waals surface area contributed by atoms with E-state index in [1.54, 1.807) is 6.07 Å². The third kappa shape index (κ3) is 5.46. The van der Waals surface area contributed by atoms with Crippen LogP contribution in [0.1, 0.15) is 48.7 Å². The Kier molecular flexibility index (Phi) is 7.20. The van der Waals surface area contributed by atoms with Gasteiger partial charge in [0.1, 0.15) is 17.2 Å². The molecule has 0 spiro atoms. The number of carbonyl (C=O) groups excluding carboxylic acids is 1. The molecule has 1 heterocycles. The largest absolute Gasteiger partial charge is 0.508 e. The van der Waals surface area contributed by atoms with E-state index in [-0.39, 0.29) is 17.6 Å². The zero-order chi connectivity index (χ0) is 25.8. The lowest BCUT2D eigenvalue weighted by molar-refractivity contribution is 0.0956. The fourth-order valence-electron chi connectivity index (χ4n) is 3.92. The van der Waals surface area contributed by atoms with Crippen molar-refractivity contribution in [2.45, 2.75) is 40.2 Å². The van der Waals surface area contributed by atoms with Crippen molar-refractivity contribution in [3.8, 4) is 28.5 Å². The maximum atomic E-state index is 13.4. The molecule has 4 aromatic rings. The first-order chi connectivity index (χ1) is 17.2. The molecule has 0 aliphatic heterocycles. The molecule has 0 bridgehead atoms. The Labute approximate surface area is 210 Å². The number of phenolic OH excluding ortho intramolecular Hbond substituents is 2. The highest BCUT2D eigenvalue weighted by atomic mass is 16.5. The first-order valence-corrected chi connectivity index (χ1v) is 11.8. The minimum absolute atomic E-state index is 0.000309. The summed E-state index contributed by atoms with van der Waals surface area (Å²) in [5, 5.41) is 25.0. The first kappa shape index (κ1) is 24.7. The Bertz CT molecular complexity index is 1440. The highest BCUT2D eigenvalue weighted by Crippen LogP contribution is 2.28. The number of hydrogen-bond acceptors (Lipinski definition) is 6. The molecule has 0 unspecified atom stereocenters. The molecule has 4 rings (SSSR count). The summed E-state index contributed by atoms with van der Waals surface area (Å²) in [6.07, 6.45) is 0.507. The van der Waals surface area contributed by atoms with E-state index in [9.17, 15) is 15.0 Å². The molecular weight excluding hydrogens is 454 g/mol. The second kappa shape index (κ2) is 10.5. The van der Waals surface area contributed by atoms with Crippen molar-refractivity contribution >= 4 is 22.5 Å². The van der Waals surface area contributed by atoms with Crippen LogP contribution in [-0.2, 0) is 0 Å². The van der Waals surface area contributed by atoms with Gasteiger partial charge in [0.15, 0.2) is 0 Å². The van der Waals surface area contributed by atoms with E-state index >= 15 is 0 Å². The number of phenols is 2. The molecular formula is C29H29N3O4. The zero-order valence-corrected chi connectivity index (χ0v) is 20.7. The van der Waals surface area contributed by atoms with Crippen LogP contribution >= 0.6 is 0 Å². The third-order valence-corrected chi connectivity index (χ3v) is 5.65. The Morgan fingerprint density at radius 1 is 1.00 bits per heavy atom. The zero-order valence-electron chi connectivity index (χ0n) is 20.7. The molecule has 7 nitrogen and oxygen atoms in total. The lowest BCUT2D eigenvalue weighted by atomic mass is 10.0. The van der Waals surface area contributed by atoms with Gasteiger partial charge in [0, 0.05) is 16.5 Å². The normalized spacial score (nSPS) is 11.6. The van der Waals surface area contributed by atoms with Crippen LogP contribution in [0.2, 0.25) is 0 Å². The van der Waals surface area contributed by atoms with Crippen molar-refractivity contribution in [1.29, 1.82) is 0 Å². The molecule has 0 radical (unpaired) electrons. The number of nitrogens with one attached hydrogen (secondary N) is 1. The smallest absolute Gasteiger partial charge is 0.272 e. The van der Waals surface area contributed by atoms with Crippen molar-refractivity contribution in [2.24, 2.45) is 5.10 Å². The summed E-state index contributed by atoms with van der Waals surface area (Å²) in [6.45, 7) is 7.75. The summed E-state index contributed by atoms with van der Waals surface area (Å²) in [4.78, 5) is 18.1. The second-order valence-electron chi connectivity index (χ2n) is 8.82. The van der Waals surface area contributed by atoms with Crippen molar-refractivity contribution in [3.63, 3.8) is 0 Å². The summed E-state index contributed by atoms with van der Waals surface area (Å²) < 4.78 is 5.73. The fourth-order valence-corrected chi connectivity index (χ4v) is 3.92. The Balaban J connectivity index is 1.72. The number of amides is 1. The monoisotopic (exact) mass is 483 g/mol. The SMILES string of the molecule is CC/C(=N/NC(=O)c1cc(-c2ccc(OC(C)C)cc2)nc2ccc(C)cc12)c1cc(O)ccc1O. The Morgan fingerprint density at radius 2 is 1.75 bits per heavy atom. The van der Waals surface area contributed by atoms with E-state index in [1.165, 1.54) is 18.2 Å². The van der Waals surface area contributed by atoms with E-state index in [4.69, 9.17) is 9.72 Å². The van der Waals surface area contributed by atoms with Gasteiger partial charge in [0.05, 0.1) is 28.6 Å². The van der Waals surface area contributed by atoms with E-state index in [1.807, 2.05) is 70.2 Å². The summed E-state index contributed by atoms with van der Waals surface area (Å²) >= 11 is 0. The lowest BCUT2D eigenvalue weighted by Gasteiger charge is -2.12. The topological polar surface area (TPSA) is 104 Å². The molecule has 0 saturated carbocycles. The molecule has 1 amide bonds.